The molecule has 138 valence electrons. The molecule has 4 heteroatoms. The van der Waals surface area contributed by atoms with Gasteiger partial charge in [-0.05, 0) is 68.3 Å². The zero-order valence-electron chi connectivity index (χ0n) is 15.9. The van der Waals surface area contributed by atoms with Crippen molar-refractivity contribution in [2.45, 2.75) is 27.2 Å². The average Bonchev–Trinajstić information content (AvgIpc) is 2.68. The number of nitrogens with zero attached hydrogens (tertiary/aromatic N) is 1. The quantitative estimate of drug-likeness (QED) is 0.648. The van der Waals surface area contributed by atoms with Crippen LogP contribution in [0.4, 0.5) is 11.4 Å². The monoisotopic (exact) mass is 352 g/mol. The fourth-order valence-electron chi connectivity index (χ4n) is 2.60. The molecule has 0 saturated heterocycles. The number of anilines is 2. The third-order valence-corrected chi connectivity index (χ3v) is 4.04. The Balaban J connectivity index is 1.90. The Morgan fingerprint density at radius 1 is 1.00 bits per heavy atom. The minimum atomic E-state index is -0.146. The summed E-state index contributed by atoms with van der Waals surface area (Å²) in [5.41, 5.74) is 2.91. The van der Waals surface area contributed by atoms with Crippen molar-refractivity contribution in [2.75, 3.05) is 29.9 Å². The van der Waals surface area contributed by atoms with Crippen molar-refractivity contribution in [3.8, 4) is 5.75 Å². The molecule has 0 spiro atoms. The zero-order chi connectivity index (χ0) is 18.8. The van der Waals surface area contributed by atoms with Crippen LogP contribution in [0.25, 0.3) is 6.08 Å². The number of rotatable bonds is 9. The van der Waals surface area contributed by atoms with Crippen molar-refractivity contribution < 1.29 is 9.53 Å². The summed E-state index contributed by atoms with van der Waals surface area (Å²) in [7, 11) is 0. The standard InChI is InChI=1S/C22H28N2O2/c1-4-17-26-21-14-7-18(8-15-21)9-16-22(25)23-19-10-12-20(13-11-19)24(5-2)6-3/h7-16H,4-6,17H2,1-3H3,(H,23,25)/b16-9-. The predicted molar refractivity (Wildman–Crippen MR) is 110 cm³/mol. The van der Waals surface area contributed by atoms with Gasteiger partial charge in [0.05, 0.1) is 6.61 Å². The number of amides is 1. The van der Waals surface area contributed by atoms with Crippen molar-refractivity contribution >= 4 is 23.4 Å². The molecular formula is C22H28N2O2. The summed E-state index contributed by atoms with van der Waals surface area (Å²) >= 11 is 0. The molecule has 0 aliphatic carbocycles. The van der Waals surface area contributed by atoms with Crippen LogP contribution in [0.1, 0.15) is 32.8 Å². The van der Waals surface area contributed by atoms with Gasteiger partial charge in [0.25, 0.3) is 0 Å². The Morgan fingerprint density at radius 2 is 1.65 bits per heavy atom. The normalized spacial score (nSPS) is 10.7. The molecule has 1 N–H and O–H groups in total. The van der Waals surface area contributed by atoms with E-state index < -0.39 is 0 Å². The second-order valence-electron chi connectivity index (χ2n) is 5.96. The fraction of sp³-hybridized carbons (Fsp3) is 0.318. The van der Waals surface area contributed by atoms with Gasteiger partial charge in [-0.1, -0.05) is 19.1 Å². The van der Waals surface area contributed by atoms with Crippen LogP contribution < -0.4 is 15.0 Å². The molecule has 0 aliphatic heterocycles. The van der Waals surface area contributed by atoms with E-state index in [4.69, 9.17) is 4.74 Å². The van der Waals surface area contributed by atoms with Gasteiger partial charge in [0, 0.05) is 30.5 Å². The highest BCUT2D eigenvalue weighted by Crippen LogP contribution is 2.18. The molecule has 0 aliphatic rings. The second kappa shape index (κ2) is 10.3. The molecular weight excluding hydrogens is 324 g/mol. The lowest BCUT2D eigenvalue weighted by atomic mass is 10.2. The number of hydrogen-bond acceptors (Lipinski definition) is 3. The van der Waals surface area contributed by atoms with E-state index in [-0.39, 0.29) is 5.91 Å². The molecule has 1 amide bonds. The van der Waals surface area contributed by atoms with Crippen LogP contribution in [-0.2, 0) is 4.79 Å². The summed E-state index contributed by atoms with van der Waals surface area (Å²) < 4.78 is 5.55. The van der Waals surface area contributed by atoms with E-state index in [0.717, 1.165) is 42.2 Å². The Hall–Kier alpha value is -2.75. The van der Waals surface area contributed by atoms with Gasteiger partial charge in [-0.25, -0.2) is 0 Å². The molecule has 2 rings (SSSR count). The van der Waals surface area contributed by atoms with E-state index in [1.165, 1.54) is 0 Å². The maximum absolute atomic E-state index is 12.1. The summed E-state index contributed by atoms with van der Waals surface area (Å²) in [6.07, 6.45) is 4.32. The van der Waals surface area contributed by atoms with Gasteiger partial charge in [-0.3, -0.25) is 4.79 Å². The molecule has 4 nitrogen and oxygen atoms in total. The number of nitrogens with one attached hydrogen (secondary N) is 1. The first-order chi connectivity index (χ1) is 12.7. The van der Waals surface area contributed by atoms with Crippen molar-refractivity contribution in [3.05, 3.63) is 60.2 Å². The molecule has 0 heterocycles. The van der Waals surface area contributed by atoms with Gasteiger partial charge in [0.2, 0.25) is 5.91 Å². The first kappa shape index (κ1) is 19.6. The SMILES string of the molecule is CCCOc1ccc(/C=C\C(=O)Nc2ccc(N(CC)CC)cc2)cc1. The zero-order valence-corrected chi connectivity index (χ0v) is 15.9. The maximum atomic E-state index is 12.1. The minimum Gasteiger partial charge on any atom is -0.494 e. The topological polar surface area (TPSA) is 41.6 Å². The van der Waals surface area contributed by atoms with Crippen LogP contribution in [0.5, 0.6) is 5.75 Å². The van der Waals surface area contributed by atoms with Gasteiger partial charge >= 0.3 is 0 Å². The fourth-order valence-corrected chi connectivity index (χ4v) is 2.60. The Morgan fingerprint density at radius 3 is 2.23 bits per heavy atom. The second-order valence-corrected chi connectivity index (χ2v) is 5.96. The lowest BCUT2D eigenvalue weighted by Crippen LogP contribution is -2.21. The van der Waals surface area contributed by atoms with Crippen molar-refractivity contribution in [3.63, 3.8) is 0 Å². The summed E-state index contributed by atoms with van der Waals surface area (Å²) in [4.78, 5) is 14.4. The molecule has 26 heavy (non-hydrogen) atoms. The number of carbonyl (C=O) groups excluding carboxylic acids is 1. The van der Waals surface area contributed by atoms with Crippen LogP contribution in [-0.4, -0.2) is 25.6 Å². The lowest BCUT2D eigenvalue weighted by Gasteiger charge is -2.21. The third-order valence-electron chi connectivity index (χ3n) is 4.04. The van der Waals surface area contributed by atoms with Gasteiger partial charge in [0.1, 0.15) is 5.75 Å². The molecule has 0 aromatic heterocycles. The van der Waals surface area contributed by atoms with Crippen LogP contribution in [0.2, 0.25) is 0 Å². The summed E-state index contributed by atoms with van der Waals surface area (Å²) in [5.74, 6) is 0.702. The molecule has 0 atom stereocenters. The molecule has 2 aromatic rings. The van der Waals surface area contributed by atoms with E-state index >= 15 is 0 Å². The number of carbonyl (C=O) groups is 1. The number of benzene rings is 2. The van der Waals surface area contributed by atoms with Gasteiger partial charge in [-0.2, -0.15) is 0 Å². The third kappa shape index (κ3) is 5.96. The van der Waals surface area contributed by atoms with Gasteiger partial charge in [0.15, 0.2) is 0 Å². The van der Waals surface area contributed by atoms with E-state index in [2.05, 4.69) is 31.0 Å². The van der Waals surface area contributed by atoms with E-state index in [1.807, 2.05) is 48.5 Å². The summed E-state index contributed by atoms with van der Waals surface area (Å²) in [6, 6.07) is 15.6. The summed E-state index contributed by atoms with van der Waals surface area (Å²) in [5, 5.41) is 2.88. The molecule has 0 bridgehead atoms. The highest BCUT2D eigenvalue weighted by Gasteiger charge is 2.03. The molecule has 0 saturated carbocycles. The van der Waals surface area contributed by atoms with Gasteiger partial charge < -0.3 is 15.0 Å². The number of ether oxygens (including phenoxy) is 1. The van der Waals surface area contributed by atoms with Crippen molar-refractivity contribution in [1.29, 1.82) is 0 Å². The largest absolute Gasteiger partial charge is 0.494 e. The Labute approximate surface area is 156 Å². The van der Waals surface area contributed by atoms with Crippen LogP contribution >= 0.6 is 0 Å². The smallest absolute Gasteiger partial charge is 0.248 e. The highest BCUT2D eigenvalue weighted by molar-refractivity contribution is 6.02. The van der Waals surface area contributed by atoms with Crippen LogP contribution in [0.3, 0.4) is 0 Å². The van der Waals surface area contributed by atoms with Crippen molar-refractivity contribution in [2.24, 2.45) is 0 Å². The van der Waals surface area contributed by atoms with E-state index in [0.29, 0.717) is 6.61 Å². The van der Waals surface area contributed by atoms with E-state index in [9.17, 15) is 4.79 Å². The van der Waals surface area contributed by atoms with Crippen molar-refractivity contribution in [1.82, 2.24) is 0 Å². The lowest BCUT2D eigenvalue weighted by molar-refractivity contribution is -0.111. The van der Waals surface area contributed by atoms with Gasteiger partial charge in [-0.15, -0.1) is 0 Å². The Bertz CT molecular complexity index is 702. The molecule has 0 fully saturated rings. The highest BCUT2D eigenvalue weighted by atomic mass is 16.5. The molecule has 0 unspecified atom stereocenters. The summed E-state index contributed by atoms with van der Waals surface area (Å²) in [6.45, 7) is 8.98. The first-order valence-electron chi connectivity index (χ1n) is 9.23. The van der Waals surface area contributed by atoms with Crippen LogP contribution in [0.15, 0.2) is 54.6 Å². The maximum Gasteiger partial charge on any atom is 0.248 e. The minimum absolute atomic E-state index is 0.146. The molecule has 0 radical (unpaired) electrons. The predicted octanol–water partition coefficient (Wildman–Crippen LogP) is 4.97. The molecule has 2 aromatic carbocycles. The van der Waals surface area contributed by atoms with E-state index in [1.54, 1.807) is 12.2 Å². The number of hydrogen-bond donors (Lipinski definition) is 1. The Kier molecular flexibility index (Phi) is 7.75. The first-order valence-corrected chi connectivity index (χ1v) is 9.23. The average molecular weight is 352 g/mol. The van der Waals surface area contributed by atoms with Crippen LogP contribution in [0, 0.1) is 0 Å².